The first kappa shape index (κ1) is 23.7. The van der Waals surface area contributed by atoms with Crippen molar-refractivity contribution in [3.63, 3.8) is 0 Å². The molecule has 170 valence electrons. The molecule has 0 bridgehead atoms. The third-order valence-electron chi connectivity index (χ3n) is 5.44. The molecular weight excluding hydrogens is 428 g/mol. The van der Waals surface area contributed by atoms with E-state index in [4.69, 9.17) is 21.1 Å². The van der Waals surface area contributed by atoms with Gasteiger partial charge in [-0.25, -0.2) is 0 Å². The summed E-state index contributed by atoms with van der Waals surface area (Å²) in [4.78, 5) is 26.9. The molecule has 1 heterocycles. The highest BCUT2D eigenvalue weighted by molar-refractivity contribution is 6.32. The van der Waals surface area contributed by atoms with Gasteiger partial charge in [0, 0.05) is 31.6 Å². The number of carbonyl (C=O) groups is 2. The molecule has 0 saturated carbocycles. The lowest BCUT2D eigenvalue weighted by Crippen LogP contribution is -2.42. The SMILES string of the molecule is CCOc1c(Cl)cc(CNC(=O)C2CCN(C(=O)C=Cc3ccccc3)CC2)cc1OC. The van der Waals surface area contributed by atoms with Gasteiger partial charge in [0.15, 0.2) is 11.5 Å². The zero-order valence-electron chi connectivity index (χ0n) is 18.5. The lowest BCUT2D eigenvalue weighted by atomic mass is 9.95. The number of amides is 2. The smallest absolute Gasteiger partial charge is 0.246 e. The van der Waals surface area contributed by atoms with Gasteiger partial charge in [-0.1, -0.05) is 41.9 Å². The summed E-state index contributed by atoms with van der Waals surface area (Å²) in [6.07, 6.45) is 4.70. The molecule has 0 spiro atoms. The van der Waals surface area contributed by atoms with E-state index in [0.717, 1.165) is 11.1 Å². The van der Waals surface area contributed by atoms with Gasteiger partial charge in [0.1, 0.15) is 0 Å². The summed E-state index contributed by atoms with van der Waals surface area (Å²) in [6, 6.07) is 13.3. The van der Waals surface area contributed by atoms with E-state index in [1.807, 2.05) is 49.4 Å². The summed E-state index contributed by atoms with van der Waals surface area (Å²) in [5.41, 5.74) is 1.82. The van der Waals surface area contributed by atoms with Crippen molar-refractivity contribution in [2.45, 2.75) is 26.3 Å². The molecule has 1 fully saturated rings. The van der Waals surface area contributed by atoms with Crippen molar-refractivity contribution in [2.24, 2.45) is 5.92 Å². The largest absolute Gasteiger partial charge is 0.493 e. The number of hydrogen-bond acceptors (Lipinski definition) is 4. The van der Waals surface area contributed by atoms with E-state index in [0.29, 0.717) is 55.6 Å². The Morgan fingerprint density at radius 1 is 1.19 bits per heavy atom. The maximum atomic E-state index is 12.7. The van der Waals surface area contributed by atoms with E-state index in [1.54, 1.807) is 24.2 Å². The molecule has 0 atom stereocenters. The van der Waals surface area contributed by atoms with Crippen LogP contribution in [0.2, 0.25) is 5.02 Å². The van der Waals surface area contributed by atoms with Crippen LogP contribution >= 0.6 is 11.6 Å². The maximum absolute atomic E-state index is 12.7. The van der Waals surface area contributed by atoms with E-state index in [2.05, 4.69) is 5.32 Å². The quantitative estimate of drug-likeness (QED) is 0.601. The van der Waals surface area contributed by atoms with Crippen LogP contribution in [0.4, 0.5) is 0 Å². The van der Waals surface area contributed by atoms with Crippen LogP contribution in [0.25, 0.3) is 6.08 Å². The molecule has 1 aliphatic heterocycles. The lowest BCUT2D eigenvalue weighted by molar-refractivity contribution is -0.132. The minimum absolute atomic E-state index is 0.0131. The number of hydrogen-bond donors (Lipinski definition) is 1. The second-order valence-electron chi connectivity index (χ2n) is 7.60. The number of benzene rings is 2. The zero-order valence-corrected chi connectivity index (χ0v) is 19.2. The summed E-state index contributed by atoms with van der Waals surface area (Å²) < 4.78 is 10.9. The van der Waals surface area contributed by atoms with E-state index in [1.165, 1.54) is 0 Å². The molecule has 32 heavy (non-hydrogen) atoms. The van der Waals surface area contributed by atoms with Gasteiger partial charge in [-0.05, 0) is 49.1 Å². The zero-order chi connectivity index (χ0) is 22.9. The molecule has 0 unspecified atom stereocenters. The van der Waals surface area contributed by atoms with Gasteiger partial charge in [0.25, 0.3) is 0 Å². The number of halogens is 1. The van der Waals surface area contributed by atoms with Crippen molar-refractivity contribution < 1.29 is 19.1 Å². The highest BCUT2D eigenvalue weighted by Gasteiger charge is 2.26. The Labute approximate surface area is 194 Å². The molecule has 2 aromatic rings. The topological polar surface area (TPSA) is 67.9 Å². The predicted octanol–water partition coefficient (Wildman–Crippen LogP) is 4.32. The van der Waals surface area contributed by atoms with Gasteiger partial charge in [-0.3, -0.25) is 9.59 Å². The Bertz CT molecular complexity index is 954. The maximum Gasteiger partial charge on any atom is 0.246 e. The van der Waals surface area contributed by atoms with Gasteiger partial charge in [0.05, 0.1) is 18.7 Å². The van der Waals surface area contributed by atoms with Crippen molar-refractivity contribution in [2.75, 3.05) is 26.8 Å². The molecule has 1 saturated heterocycles. The van der Waals surface area contributed by atoms with Crippen LogP contribution in [0.3, 0.4) is 0 Å². The Kier molecular flexibility index (Phi) is 8.56. The molecule has 0 aromatic heterocycles. The molecule has 3 rings (SSSR count). The van der Waals surface area contributed by atoms with E-state index >= 15 is 0 Å². The molecule has 2 amide bonds. The molecular formula is C25H29ClN2O4. The first-order valence-electron chi connectivity index (χ1n) is 10.8. The van der Waals surface area contributed by atoms with Crippen molar-refractivity contribution in [1.82, 2.24) is 10.2 Å². The van der Waals surface area contributed by atoms with Gasteiger partial charge in [-0.15, -0.1) is 0 Å². The minimum atomic E-state index is -0.114. The third-order valence-corrected chi connectivity index (χ3v) is 5.72. The molecule has 2 aromatic carbocycles. The number of methoxy groups -OCH3 is 1. The van der Waals surface area contributed by atoms with Crippen LogP contribution in [-0.4, -0.2) is 43.5 Å². The Morgan fingerprint density at radius 2 is 1.91 bits per heavy atom. The molecule has 0 radical (unpaired) electrons. The first-order chi connectivity index (χ1) is 15.5. The third kappa shape index (κ3) is 6.26. The predicted molar refractivity (Wildman–Crippen MR) is 126 cm³/mol. The number of likely N-dealkylation sites (tertiary alicyclic amines) is 1. The summed E-state index contributed by atoms with van der Waals surface area (Å²) in [5, 5.41) is 3.43. The van der Waals surface area contributed by atoms with Gasteiger partial charge in [0.2, 0.25) is 11.8 Å². The van der Waals surface area contributed by atoms with Crippen LogP contribution in [0, 0.1) is 5.92 Å². The van der Waals surface area contributed by atoms with Crippen molar-refractivity contribution in [3.8, 4) is 11.5 Å². The van der Waals surface area contributed by atoms with E-state index in [9.17, 15) is 9.59 Å². The van der Waals surface area contributed by atoms with Gasteiger partial charge < -0.3 is 19.7 Å². The van der Waals surface area contributed by atoms with Crippen LogP contribution in [-0.2, 0) is 16.1 Å². The lowest BCUT2D eigenvalue weighted by Gasteiger charge is -2.30. The first-order valence-corrected chi connectivity index (χ1v) is 11.2. The Hall–Kier alpha value is -2.99. The van der Waals surface area contributed by atoms with E-state index < -0.39 is 0 Å². The standard InChI is InChI=1S/C25H29ClN2O4/c1-3-32-24-21(26)15-19(16-22(24)31-2)17-27-25(30)20-11-13-28(14-12-20)23(29)10-9-18-7-5-4-6-8-18/h4-10,15-16,20H,3,11-14,17H2,1-2H3,(H,27,30). The second-order valence-corrected chi connectivity index (χ2v) is 8.01. The summed E-state index contributed by atoms with van der Waals surface area (Å²) >= 11 is 6.31. The molecule has 0 aliphatic carbocycles. The second kappa shape index (κ2) is 11.6. The van der Waals surface area contributed by atoms with E-state index in [-0.39, 0.29) is 17.7 Å². The fraction of sp³-hybridized carbons (Fsp3) is 0.360. The average Bonchev–Trinajstić information content (AvgIpc) is 2.83. The monoisotopic (exact) mass is 456 g/mol. The fourth-order valence-corrected chi connectivity index (χ4v) is 3.98. The van der Waals surface area contributed by atoms with Gasteiger partial charge >= 0.3 is 0 Å². The fourth-order valence-electron chi connectivity index (χ4n) is 3.69. The summed E-state index contributed by atoms with van der Waals surface area (Å²) in [7, 11) is 1.56. The highest BCUT2D eigenvalue weighted by Crippen LogP contribution is 2.36. The summed E-state index contributed by atoms with van der Waals surface area (Å²) in [6.45, 7) is 3.84. The molecule has 6 nitrogen and oxygen atoms in total. The molecule has 1 N–H and O–H groups in total. The number of nitrogens with zero attached hydrogens (tertiary/aromatic N) is 1. The Balaban J connectivity index is 1.49. The number of ether oxygens (including phenoxy) is 2. The number of rotatable bonds is 8. The molecule has 7 heteroatoms. The summed E-state index contributed by atoms with van der Waals surface area (Å²) in [5.74, 6) is 0.894. The van der Waals surface area contributed by atoms with Crippen LogP contribution in [0.5, 0.6) is 11.5 Å². The number of piperidine rings is 1. The minimum Gasteiger partial charge on any atom is -0.493 e. The number of nitrogens with one attached hydrogen (secondary N) is 1. The van der Waals surface area contributed by atoms with Crippen molar-refractivity contribution in [1.29, 1.82) is 0 Å². The normalized spacial score (nSPS) is 14.4. The molecule has 1 aliphatic rings. The van der Waals surface area contributed by atoms with Crippen molar-refractivity contribution >= 4 is 29.5 Å². The van der Waals surface area contributed by atoms with Crippen molar-refractivity contribution in [3.05, 3.63) is 64.7 Å². The van der Waals surface area contributed by atoms with Crippen LogP contribution in [0.15, 0.2) is 48.5 Å². The van der Waals surface area contributed by atoms with Crippen LogP contribution in [0.1, 0.15) is 30.9 Å². The average molecular weight is 457 g/mol. The Morgan fingerprint density at radius 3 is 2.56 bits per heavy atom. The van der Waals surface area contributed by atoms with Crippen LogP contribution < -0.4 is 14.8 Å². The number of carbonyl (C=O) groups excluding carboxylic acids is 2. The highest BCUT2D eigenvalue weighted by atomic mass is 35.5. The van der Waals surface area contributed by atoms with Gasteiger partial charge in [-0.2, -0.15) is 0 Å².